The second-order valence-electron chi connectivity index (χ2n) is 5.11. The van der Waals surface area contributed by atoms with Gasteiger partial charge in [-0.2, -0.15) is 0 Å². The van der Waals surface area contributed by atoms with Gasteiger partial charge in [-0.1, -0.05) is 74.0 Å². The van der Waals surface area contributed by atoms with Gasteiger partial charge in [0, 0.05) is 6.54 Å². The van der Waals surface area contributed by atoms with Crippen LogP contribution in [0.25, 0.3) is 0 Å². The molecule has 0 amide bonds. The zero-order valence-corrected chi connectivity index (χ0v) is 12.0. The summed E-state index contributed by atoms with van der Waals surface area (Å²) in [6, 6.07) is 20.9. The highest BCUT2D eigenvalue weighted by Gasteiger charge is 2.14. The van der Waals surface area contributed by atoms with E-state index in [1.165, 1.54) is 11.1 Å². The average molecular weight is 269 g/mol. The Morgan fingerprint density at radius 1 is 0.900 bits per heavy atom. The van der Waals surface area contributed by atoms with Gasteiger partial charge in [0.25, 0.3) is 0 Å². The van der Waals surface area contributed by atoms with Crippen molar-refractivity contribution in [1.82, 2.24) is 5.32 Å². The topological polar surface area (TPSA) is 32.3 Å². The maximum Gasteiger partial charge on any atom is 0.0664 e. The van der Waals surface area contributed by atoms with Gasteiger partial charge in [-0.15, -0.1) is 0 Å². The number of aliphatic hydroxyl groups excluding tert-OH is 1. The molecule has 20 heavy (non-hydrogen) atoms. The van der Waals surface area contributed by atoms with Crippen LogP contribution in [0.4, 0.5) is 0 Å². The van der Waals surface area contributed by atoms with E-state index in [0.29, 0.717) is 6.54 Å². The maximum atomic E-state index is 9.93. The van der Waals surface area contributed by atoms with Gasteiger partial charge in [0.1, 0.15) is 0 Å². The van der Waals surface area contributed by atoms with Crippen molar-refractivity contribution >= 4 is 0 Å². The van der Waals surface area contributed by atoms with Crippen LogP contribution >= 0.6 is 0 Å². The van der Waals surface area contributed by atoms with Crippen molar-refractivity contribution in [2.45, 2.75) is 31.9 Å². The molecule has 0 heterocycles. The third kappa shape index (κ3) is 4.19. The molecular weight excluding hydrogens is 246 g/mol. The van der Waals surface area contributed by atoms with E-state index in [0.717, 1.165) is 12.8 Å². The summed E-state index contributed by atoms with van der Waals surface area (Å²) < 4.78 is 0. The number of hydrogen-bond acceptors (Lipinski definition) is 2. The smallest absolute Gasteiger partial charge is 0.0664 e. The van der Waals surface area contributed by atoms with Gasteiger partial charge in [0.15, 0.2) is 0 Å². The quantitative estimate of drug-likeness (QED) is 0.806. The molecule has 0 aromatic heterocycles. The Kier molecular flexibility index (Phi) is 5.78. The van der Waals surface area contributed by atoms with E-state index in [4.69, 9.17) is 0 Å². The third-order valence-corrected chi connectivity index (χ3v) is 3.45. The van der Waals surface area contributed by atoms with Gasteiger partial charge in [0.2, 0.25) is 0 Å². The van der Waals surface area contributed by atoms with Crippen molar-refractivity contribution in [3.05, 3.63) is 71.8 Å². The molecule has 1 atom stereocenters. The van der Waals surface area contributed by atoms with Crippen molar-refractivity contribution in [3.8, 4) is 0 Å². The minimum absolute atomic E-state index is 0.129. The lowest BCUT2D eigenvalue weighted by atomic mass is 9.98. The molecule has 0 spiro atoms. The molecule has 0 aliphatic rings. The summed E-state index contributed by atoms with van der Waals surface area (Å²) >= 11 is 0. The van der Waals surface area contributed by atoms with Gasteiger partial charge in [-0.05, 0) is 17.5 Å². The predicted molar refractivity (Wildman–Crippen MR) is 83.6 cm³/mol. The molecule has 2 N–H and O–H groups in total. The summed E-state index contributed by atoms with van der Waals surface area (Å²) in [5.41, 5.74) is 2.45. The highest BCUT2D eigenvalue weighted by Crippen LogP contribution is 2.21. The van der Waals surface area contributed by atoms with E-state index in [9.17, 15) is 5.11 Å². The zero-order chi connectivity index (χ0) is 14.2. The predicted octanol–water partition coefficient (Wildman–Crippen LogP) is 3.53. The second-order valence-corrected chi connectivity index (χ2v) is 5.11. The molecule has 2 aromatic rings. The lowest BCUT2D eigenvalue weighted by molar-refractivity contribution is 0.158. The zero-order valence-electron chi connectivity index (χ0n) is 12.0. The number of aliphatic hydroxyl groups is 1. The number of hydrogen-bond donors (Lipinski definition) is 2. The van der Waals surface area contributed by atoms with Crippen LogP contribution in [0.3, 0.4) is 0 Å². The molecule has 0 bridgehead atoms. The molecule has 0 saturated heterocycles. The van der Waals surface area contributed by atoms with E-state index in [1.807, 2.05) is 12.1 Å². The number of benzene rings is 2. The minimum atomic E-state index is -0.282. The largest absolute Gasteiger partial charge is 0.392 e. The van der Waals surface area contributed by atoms with E-state index in [1.54, 1.807) is 0 Å². The Balaban J connectivity index is 2.13. The molecule has 2 nitrogen and oxygen atoms in total. The van der Waals surface area contributed by atoms with Crippen LogP contribution in [0.15, 0.2) is 60.7 Å². The molecule has 0 radical (unpaired) electrons. The second kappa shape index (κ2) is 7.83. The van der Waals surface area contributed by atoms with Crippen LogP contribution in [0.1, 0.15) is 36.9 Å². The molecule has 0 fully saturated rings. The Morgan fingerprint density at radius 3 is 1.85 bits per heavy atom. The number of nitrogens with one attached hydrogen (secondary N) is 1. The van der Waals surface area contributed by atoms with Crippen LogP contribution in [0, 0.1) is 0 Å². The molecule has 2 heteroatoms. The molecule has 2 rings (SSSR count). The summed E-state index contributed by atoms with van der Waals surface area (Å²) in [7, 11) is 0. The first-order valence-corrected chi connectivity index (χ1v) is 7.32. The maximum absolute atomic E-state index is 9.93. The fourth-order valence-corrected chi connectivity index (χ4v) is 2.41. The normalized spacial score (nSPS) is 12.6. The van der Waals surface area contributed by atoms with Crippen molar-refractivity contribution in [2.24, 2.45) is 0 Å². The lowest BCUT2D eigenvalue weighted by Gasteiger charge is -2.21. The Labute approximate surface area is 121 Å². The molecule has 2 aromatic carbocycles. The first kappa shape index (κ1) is 14.8. The summed E-state index contributed by atoms with van der Waals surface area (Å²) in [6.07, 6.45) is 1.56. The van der Waals surface area contributed by atoms with Gasteiger partial charge >= 0.3 is 0 Å². The highest BCUT2D eigenvalue weighted by molar-refractivity contribution is 5.31. The molecule has 0 aliphatic heterocycles. The summed E-state index contributed by atoms with van der Waals surface area (Å²) in [6.45, 7) is 2.71. The molecule has 1 unspecified atom stereocenters. The summed E-state index contributed by atoms with van der Waals surface area (Å²) in [5, 5.41) is 13.4. The summed E-state index contributed by atoms with van der Waals surface area (Å²) in [4.78, 5) is 0. The Hall–Kier alpha value is -1.64. The average Bonchev–Trinajstić information content (AvgIpc) is 2.50. The van der Waals surface area contributed by atoms with Crippen molar-refractivity contribution in [2.75, 3.05) is 6.54 Å². The molecule has 0 saturated carbocycles. The van der Waals surface area contributed by atoms with Gasteiger partial charge < -0.3 is 10.4 Å². The first-order chi connectivity index (χ1) is 9.81. The van der Waals surface area contributed by atoms with E-state index >= 15 is 0 Å². The van der Waals surface area contributed by atoms with Gasteiger partial charge in [-0.25, -0.2) is 0 Å². The highest BCUT2D eigenvalue weighted by atomic mass is 16.3. The van der Waals surface area contributed by atoms with Crippen molar-refractivity contribution in [1.29, 1.82) is 0 Å². The SMILES string of the molecule is CCCC(O)CNC(c1ccccc1)c1ccccc1. The van der Waals surface area contributed by atoms with E-state index in [2.05, 4.69) is 60.8 Å². The van der Waals surface area contributed by atoms with Gasteiger partial charge in [-0.3, -0.25) is 0 Å². The fourth-order valence-electron chi connectivity index (χ4n) is 2.41. The first-order valence-electron chi connectivity index (χ1n) is 7.32. The van der Waals surface area contributed by atoms with E-state index in [-0.39, 0.29) is 12.1 Å². The monoisotopic (exact) mass is 269 g/mol. The minimum Gasteiger partial charge on any atom is -0.392 e. The Morgan fingerprint density at radius 2 is 1.40 bits per heavy atom. The van der Waals surface area contributed by atoms with Gasteiger partial charge in [0.05, 0.1) is 12.1 Å². The molecule has 0 aliphatic carbocycles. The van der Waals surface area contributed by atoms with Crippen molar-refractivity contribution < 1.29 is 5.11 Å². The van der Waals surface area contributed by atoms with E-state index < -0.39 is 0 Å². The lowest BCUT2D eigenvalue weighted by Crippen LogP contribution is -2.31. The summed E-state index contributed by atoms with van der Waals surface area (Å²) in [5.74, 6) is 0. The Bertz CT molecular complexity index is 444. The van der Waals surface area contributed by atoms with Crippen LogP contribution in [0.2, 0.25) is 0 Å². The van der Waals surface area contributed by atoms with Crippen molar-refractivity contribution in [3.63, 3.8) is 0 Å². The van der Waals surface area contributed by atoms with Crippen LogP contribution in [-0.4, -0.2) is 17.8 Å². The van der Waals surface area contributed by atoms with Crippen LogP contribution in [-0.2, 0) is 0 Å². The van der Waals surface area contributed by atoms with Crippen LogP contribution in [0.5, 0.6) is 0 Å². The standard InChI is InChI=1S/C18H23NO/c1-2-9-17(20)14-19-18(15-10-5-3-6-11-15)16-12-7-4-8-13-16/h3-8,10-13,17-20H,2,9,14H2,1H3. The molecule has 106 valence electrons. The third-order valence-electron chi connectivity index (χ3n) is 3.45. The fraction of sp³-hybridized carbons (Fsp3) is 0.333. The number of rotatable bonds is 7. The molecular formula is C18H23NO. The van der Waals surface area contributed by atoms with Crippen LogP contribution < -0.4 is 5.32 Å².